The summed E-state index contributed by atoms with van der Waals surface area (Å²) in [6.45, 7) is 11.6. The summed E-state index contributed by atoms with van der Waals surface area (Å²) in [5.74, 6) is -0.0984. The van der Waals surface area contributed by atoms with E-state index in [1.807, 2.05) is 0 Å². The van der Waals surface area contributed by atoms with Gasteiger partial charge in [0.05, 0.1) is 6.17 Å². The lowest BCUT2D eigenvalue weighted by Gasteiger charge is -2.28. The van der Waals surface area contributed by atoms with Crippen LogP contribution in [-0.2, 0) is 4.79 Å². The minimum absolute atomic E-state index is 0.0984. The molecule has 0 aromatic rings. The second-order valence-electron chi connectivity index (χ2n) is 2.86. The van der Waals surface area contributed by atoms with E-state index < -0.39 is 0 Å². The fourth-order valence-electron chi connectivity index (χ4n) is 1.34. The molecule has 0 aromatic carbocycles. The van der Waals surface area contributed by atoms with Crippen molar-refractivity contribution >= 4 is 5.91 Å². The van der Waals surface area contributed by atoms with Crippen molar-refractivity contribution in [3.8, 4) is 0 Å². The van der Waals surface area contributed by atoms with E-state index in [-0.39, 0.29) is 12.1 Å². The second-order valence-corrected chi connectivity index (χ2v) is 2.86. The maximum absolute atomic E-state index is 11.1. The van der Waals surface area contributed by atoms with E-state index in [1.54, 1.807) is 0 Å². The Labute approximate surface area is 80.8 Å². The standard InChI is InChI=1S/C10H20N2O/c1-5-9(11-10(13)6-2)12(7-3)8-4/h6,9H,2,5,7-8H2,1,3-4H3,(H,11,13). The van der Waals surface area contributed by atoms with Gasteiger partial charge in [-0.05, 0) is 25.6 Å². The average Bonchev–Trinajstić information content (AvgIpc) is 2.17. The predicted octanol–water partition coefficient (Wildman–Crippen LogP) is 1.37. The normalized spacial score (nSPS) is 12.6. The van der Waals surface area contributed by atoms with Crippen LogP contribution in [0.3, 0.4) is 0 Å². The first-order valence-corrected chi connectivity index (χ1v) is 4.86. The third kappa shape index (κ3) is 4.08. The molecule has 0 saturated carbocycles. The van der Waals surface area contributed by atoms with Crippen molar-refractivity contribution in [1.82, 2.24) is 10.2 Å². The molecule has 13 heavy (non-hydrogen) atoms. The van der Waals surface area contributed by atoms with Gasteiger partial charge in [0.1, 0.15) is 0 Å². The molecule has 0 radical (unpaired) electrons. The van der Waals surface area contributed by atoms with Gasteiger partial charge in [-0.25, -0.2) is 0 Å². The summed E-state index contributed by atoms with van der Waals surface area (Å²) in [5, 5.41) is 2.89. The van der Waals surface area contributed by atoms with Gasteiger partial charge >= 0.3 is 0 Å². The zero-order valence-corrected chi connectivity index (χ0v) is 8.84. The zero-order chi connectivity index (χ0) is 10.3. The van der Waals surface area contributed by atoms with E-state index in [4.69, 9.17) is 0 Å². The molecule has 1 amide bonds. The largest absolute Gasteiger partial charge is 0.337 e. The Morgan fingerprint density at radius 2 is 2.00 bits per heavy atom. The highest BCUT2D eigenvalue weighted by molar-refractivity contribution is 5.87. The van der Waals surface area contributed by atoms with Crippen LogP contribution in [0.15, 0.2) is 12.7 Å². The summed E-state index contributed by atoms with van der Waals surface area (Å²) in [7, 11) is 0. The van der Waals surface area contributed by atoms with Gasteiger partial charge in [-0.1, -0.05) is 27.4 Å². The molecule has 1 unspecified atom stereocenters. The molecule has 0 aliphatic carbocycles. The smallest absolute Gasteiger partial charge is 0.244 e. The van der Waals surface area contributed by atoms with Crippen LogP contribution in [0.2, 0.25) is 0 Å². The zero-order valence-electron chi connectivity index (χ0n) is 8.84. The van der Waals surface area contributed by atoms with Gasteiger partial charge in [-0.2, -0.15) is 0 Å². The molecule has 0 fully saturated rings. The molecule has 0 spiro atoms. The summed E-state index contributed by atoms with van der Waals surface area (Å²) in [4.78, 5) is 13.3. The summed E-state index contributed by atoms with van der Waals surface area (Å²) in [6.07, 6.45) is 2.37. The van der Waals surface area contributed by atoms with Gasteiger partial charge in [-0.3, -0.25) is 9.69 Å². The van der Waals surface area contributed by atoms with Crippen molar-refractivity contribution < 1.29 is 4.79 Å². The monoisotopic (exact) mass is 184 g/mol. The molecule has 76 valence electrons. The number of rotatable bonds is 6. The van der Waals surface area contributed by atoms with Gasteiger partial charge in [0, 0.05) is 0 Å². The van der Waals surface area contributed by atoms with Crippen molar-refractivity contribution in [2.75, 3.05) is 13.1 Å². The van der Waals surface area contributed by atoms with Gasteiger partial charge in [0.15, 0.2) is 0 Å². The molecule has 0 saturated heterocycles. The molecule has 0 aliphatic rings. The van der Waals surface area contributed by atoms with Crippen LogP contribution < -0.4 is 5.32 Å². The number of hydrogen-bond donors (Lipinski definition) is 1. The van der Waals surface area contributed by atoms with Crippen molar-refractivity contribution in [2.45, 2.75) is 33.4 Å². The fourth-order valence-corrected chi connectivity index (χ4v) is 1.34. The SMILES string of the molecule is C=CC(=O)NC(CC)N(CC)CC. The van der Waals surface area contributed by atoms with E-state index in [1.165, 1.54) is 6.08 Å². The molecule has 0 aromatic heterocycles. The molecule has 0 heterocycles. The highest BCUT2D eigenvalue weighted by atomic mass is 16.1. The molecule has 1 atom stereocenters. The molecule has 3 nitrogen and oxygen atoms in total. The lowest BCUT2D eigenvalue weighted by atomic mass is 10.3. The highest BCUT2D eigenvalue weighted by Crippen LogP contribution is 1.99. The number of nitrogens with one attached hydrogen (secondary N) is 1. The van der Waals surface area contributed by atoms with Gasteiger partial charge in [0.25, 0.3) is 0 Å². The summed E-state index contributed by atoms with van der Waals surface area (Å²) >= 11 is 0. The Bertz CT molecular complexity index is 164. The Morgan fingerprint density at radius 3 is 2.31 bits per heavy atom. The van der Waals surface area contributed by atoms with Crippen molar-refractivity contribution in [2.24, 2.45) is 0 Å². The predicted molar refractivity (Wildman–Crippen MR) is 55.3 cm³/mol. The van der Waals surface area contributed by atoms with Gasteiger partial charge in [-0.15, -0.1) is 0 Å². The number of nitrogens with zero attached hydrogens (tertiary/aromatic N) is 1. The summed E-state index contributed by atoms with van der Waals surface area (Å²) in [6, 6.07) is 0. The van der Waals surface area contributed by atoms with Gasteiger partial charge < -0.3 is 5.32 Å². The topological polar surface area (TPSA) is 32.3 Å². The molecule has 0 bridgehead atoms. The minimum atomic E-state index is -0.0984. The quantitative estimate of drug-likeness (QED) is 0.499. The van der Waals surface area contributed by atoms with E-state index in [0.717, 1.165) is 19.5 Å². The van der Waals surface area contributed by atoms with Crippen LogP contribution in [0.4, 0.5) is 0 Å². The fraction of sp³-hybridized carbons (Fsp3) is 0.700. The first-order chi connectivity index (χ1) is 6.19. The lowest BCUT2D eigenvalue weighted by molar-refractivity contribution is -0.118. The van der Waals surface area contributed by atoms with Crippen molar-refractivity contribution in [1.29, 1.82) is 0 Å². The van der Waals surface area contributed by atoms with Crippen molar-refractivity contribution in [3.05, 3.63) is 12.7 Å². The first-order valence-electron chi connectivity index (χ1n) is 4.86. The summed E-state index contributed by atoms with van der Waals surface area (Å²) in [5.41, 5.74) is 0. The van der Waals surface area contributed by atoms with Crippen LogP contribution >= 0.6 is 0 Å². The molecular weight excluding hydrogens is 164 g/mol. The van der Waals surface area contributed by atoms with Gasteiger partial charge in [0.2, 0.25) is 5.91 Å². The number of carbonyl (C=O) groups excluding carboxylic acids is 1. The van der Waals surface area contributed by atoms with E-state index in [9.17, 15) is 4.79 Å². The van der Waals surface area contributed by atoms with E-state index in [2.05, 4.69) is 37.6 Å². The Kier molecular flexibility index (Phi) is 6.24. The molecule has 0 rings (SSSR count). The van der Waals surface area contributed by atoms with E-state index in [0.29, 0.717) is 0 Å². The maximum atomic E-state index is 11.1. The van der Waals surface area contributed by atoms with Crippen LogP contribution in [0.5, 0.6) is 0 Å². The number of hydrogen-bond acceptors (Lipinski definition) is 2. The molecular formula is C10H20N2O. The third-order valence-electron chi connectivity index (χ3n) is 2.13. The van der Waals surface area contributed by atoms with Crippen LogP contribution in [-0.4, -0.2) is 30.1 Å². The van der Waals surface area contributed by atoms with Crippen LogP contribution in [0.1, 0.15) is 27.2 Å². The minimum Gasteiger partial charge on any atom is -0.337 e. The summed E-state index contributed by atoms with van der Waals surface area (Å²) < 4.78 is 0. The highest BCUT2D eigenvalue weighted by Gasteiger charge is 2.13. The Balaban J connectivity index is 4.14. The van der Waals surface area contributed by atoms with Crippen LogP contribution in [0, 0.1) is 0 Å². The Hall–Kier alpha value is -0.830. The average molecular weight is 184 g/mol. The second kappa shape index (κ2) is 6.66. The van der Waals surface area contributed by atoms with Crippen molar-refractivity contribution in [3.63, 3.8) is 0 Å². The molecule has 3 heteroatoms. The van der Waals surface area contributed by atoms with Crippen LogP contribution in [0.25, 0.3) is 0 Å². The number of carbonyl (C=O) groups is 1. The third-order valence-corrected chi connectivity index (χ3v) is 2.13. The Morgan fingerprint density at radius 1 is 1.46 bits per heavy atom. The number of amides is 1. The first kappa shape index (κ1) is 12.2. The molecule has 1 N–H and O–H groups in total. The lowest BCUT2D eigenvalue weighted by Crippen LogP contribution is -2.47. The maximum Gasteiger partial charge on any atom is 0.244 e. The van der Waals surface area contributed by atoms with E-state index >= 15 is 0 Å². The molecule has 0 aliphatic heterocycles.